The Kier molecular flexibility index (Phi) is 6.88. The molecule has 1 aliphatic carbocycles. The zero-order valence-corrected chi connectivity index (χ0v) is 22.2. The van der Waals surface area contributed by atoms with Crippen LogP contribution in [0, 0.1) is 43.4 Å². The fourth-order valence-electron chi connectivity index (χ4n) is 4.74. The first-order valence-corrected chi connectivity index (χ1v) is 12.7. The monoisotopic (exact) mass is 490 g/mol. The lowest BCUT2D eigenvalue weighted by atomic mass is 9.82. The van der Waals surface area contributed by atoms with Gasteiger partial charge in [0.25, 0.3) is 0 Å². The van der Waals surface area contributed by atoms with E-state index in [1.54, 1.807) is 23.6 Å². The van der Waals surface area contributed by atoms with Gasteiger partial charge in [-0.25, -0.2) is 0 Å². The van der Waals surface area contributed by atoms with E-state index in [0.717, 1.165) is 28.4 Å². The van der Waals surface area contributed by atoms with Crippen LogP contribution in [0.2, 0.25) is 0 Å². The number of nitriles is 2. The number of para-hydroxylation sites is 1. The fraction of sp³-hybridized carbons (Fsp3) is 0.226. The first-order valence-electron chi connectivity index (χ1n) is 11.9. The highest BCUT2D eigenvalue weighted by Gasteiger charge is 2.36. The van der Waals surface area contributed by atoms with E-state index in [2.05, 4.69) is 75.9 Å². The second-order valence-electron chi connectivity index (χ2n) is 9.71. The van der Waals surface area contributed by atoms with Crippen molar-refractivity contribution in [2.75, 3.05) is 4.90 Å². The van der Waals surface area contributed by atoms with Gasteiger partial charge in [-0.15, -0.1) is 11.3 Å². The summed E-state index contributed by atoms with van der Waals surface area (Å²) in [5.41, 5.74) is 15.6. The summed E-state index contributed by atoms with van der Waals surface area (Å²) < 4.78 is 0. The van der Waals surface area contributed by atoms with Gasteiger partial charge in [0.2, 0.25) is 0 Å². The zero-order valence-electron chi connectivity index (χ0n) is 21.4. The maximum Gasteiger partial charge on any atom is 0.131 e. The van der Waals surface area contributed by atoms with E-state index in [9.17, 15) is 0 Å². The summed E-state index contributed by atoms with van der Waals surface area (Å²) >= 11 is 1.64. The Balaban J connectivity index is 1.78. The molecular formula is C31H30N4S. The van der Waals surface area contributed by atoms with E-state index >= 15 is 0 Å². The summed E-state index contributed by atoms with van der Waals surface area (Å²) in [6.45, 7) is 10.9. The lowest BCUT2D eigenvalue weighted by Gasteiger charge is -2.29. The number of allylic oxidation sites excluding steroid dienone is 3. The maximum atomic E-state index is 9.13. The second-order valence-corrected chi connectivity index (χ2v) is 10.9. The van der Waals surface area contributed by atoms with Gasteiger partial charge in [-0.05, 0) is 85.5 Å². The van der Waals surface area contributed by atoms with Crippen LogP contribution in [0.1, 0.15) is 45.9 Å². The number of fused-ring (bicyclic) bond motifs is 1. The van der Waals surface area contributed by atoms with E-state index in [4.69, 9.17) is 16.3 Å². The second kappa shape index (κ2) is 9.90. The largest absolute Gasteiger partial charge is 0.403 e. The fourth-order valence-corrected chi connectivity index (χ4v) is 6.03. The van der Waals surface area contributed by atoms with Gasteiger partial charge in [0, 0.05) is 39.2 Å². The molecule has 0 radical (unpaired) electrons. The number of nitrogens with zero attached hydrogens (tertiary/aromatic N) is 3. The summed E-state index contributed by atoms with van der Waals surface area (Å²) in [5.74, 6) is 0. The molecule has 0 aliphatic heterocycles. The van der Waals surface area contributed by atoms with E-state index in [-0.39, 0.29) is 11.0 Å². The Hall–Kier alpha value is -4.06. The number of benzene rings is 2. The van der Waals surface area contributed by atoms with Crippen molar-refractivity contribution in [2.24, 2.45) is 5.73 Å². The molecule has 0 bridgehead atoms. The van der Waals surface area contributed by atoms with Gasteiger partial charge in [0.1, 0.15) is 17.7 Å². The lowest BCUT2D eigenvalue weighted by Crippen LogP contribution is -2.20. The normalized spacial score (nSPS) is 15.2. The summed E-state index contributed by atoms with van der Waals surface area (Å²) in [4.78, 5) is 4.42. The van der Waals surface area contributed by atoms with Gasteiger partial charge in [-0.1, -0.05) is 37.6 Å². The molecule has 36 heavy (non-hydrogen) atoms. The van der Waals surface area contributed by atoms with Gasteiger partial charge < -0.3 is 10.6 Å². The molecule has 4 rings (SSSR count). The number of nitrogens with two attached hydrogens (primary N) is 1. The van der Waals surface area contributed by atoms with Crippen molar-refractivity contribution < 1.29 is 0 Å². The number of rotatable bonds is 5. The van der Waals surface area contributed by atoms with Crippen molar-refractivity contribution in [2.45, 2.75) is 46.5 Å². The predicted octanol–water partition coefficient (Wildman–Crippen LogP) is 7.50. The lowest BCUT2D eigenvalue weighted by molar-refractivity contribution is 0.643. The van der Waals surface area contributed by atoms with Crippen molar-refractivity contribution in [1.82, 2.24) is 0 Å². The average Bonchev–Trinajstić information content (AvgIpc) is 3.37. The van der Waals surface area contributed by atoms with E-state index in [1.165, 1.54) is 32.7 Å². The van der Waals surface area contributed by atoms with Gasteiger partial charge >= 0.3 is 0 Å². The molecule has 0 fully saturated rings. The number of anilines is 2. The summed E-state index contributed by atoms with van der Waals surface area (Å²) in [5, 5.41) is 18.3. The summed E-state index contributed by atoms with van der Waals surface area (Å²) in [6.07, 6.45) is 6.39. The van der Waals surface area contributed by atoms with Crippen molar-refractivity contribution >= 4 is 28.8 Å². The van der Waals surface area contributed by atoms with Crippen LogP contribution in [0.4, 0.5) is 11.4 Å². The molecule has 4 nitrogen and oxygen atoms in total. The minimum atomic E-state index is -0.201. The van der Waals surface area contributed by atoms with Gasteiger partial charge in [0.05, 0.1) is 5.70 Å². The molecule has 0 amide bonds. The SMILES string of the molecule is Cc1cc(N(C(=C/N)/C=C2\Cc3sc(C=C(C#N)C#N)cc3C2(C)C)c2ccccc2)cc(C)c1C. The van der Waals surface area contributed by atoms with E-state index < -0.39 is 0 Å². The molecule has 0 atom stereocenters. The van der Waals surface area contributed by atoms with Crippen molar-refractivity contribution in [3.8, 4) is 12.1 Å². The van der Waals surface area contributed by atoms with E-state index in [0.29, 0.717) is 0 Å². The van der Waals surface area contributed by atoms with Crippen molar-refractivity contribution in [1.29, 1.82) is 10.5 Å². The zero-order chi connectivity index (χ0) is 26.0. The Morgan fingerprint density at radius 1 is 1.00 bits per heavy atom. The third kappa shape index (κ3) is 4.59. The molecule has 0 saturated carbocycles. The minimum Gasteiger partial charge on any atom is -0.403 e. The third-order valence-electron chi connectivity index (χ3n) is 7.12. The Labute approximate surface area is 217 Å². The van der Waals surface area contributed by atoms with Crippen LogP contribution in [0.15, 0.2) is 77.7 Å². The van der Waals surface area contributed by atoms with Crippen LogP contribution >= 0.6 is 11.3 Å². The molecule has 3 aromatic rings. The van der Waals surface area contributed by atoms with Crippen LogP contribution in [0.25, 0.3) is 6.08 Å². The summed E-state index contributed by atoms with van der Waals surface area (Å²) in [7, 11) is 0. The highest BCUT2D eigenvalue weighted by molar-refractivity contribution is 7.13. The molecule has 5 heteroatoms. The Morgan fingerprint density at radius 3 is 2.19 bits per heavy atom. The Bertz CT molecular complexity index is 1450. The quantitative estimate of drug-likeness (QED) is 0.376. The first kappa shape index (κ1) is 25.0. The highest BCUT2D eigenvalue weighted by Crippen LogP contribution is 2.47. The number of hydrogen-bond acceptors (Lipinski definition) is 5. The minimum absolute atomic E-state index is 0.124. The van der Waals surface area contributed by atoms with Crippen LogP contribution in [-0.4, -0.2) is 0 Å². The Morgan fingerprint density at radius 2 is 1.64 bits per heavy atom. The number of hydrogen-bond donors (Lipinski definition) is 1. The molecule has 1 heterocycles. The molecule has 1 aromatic heterocycles. The highest BCUT2D eigenvalue weighted by atomic mass is 32.1. The molecule has 0 spiro atoms. The first-order chi connectivity index (χ1) is 17.2. The van der Waals surface area contributed by atoms with Gasteiger partial charge in [-0.2, -0.15) is 10.5 Å². The van der Waals surface area contributed by atoms with Gasteiger partial charge in [-0.3, -0.25) is 0 Å². The van der Waals surface area contributed by atoms with Crippen LogP contribution in [0.3, 0.4) is 0 Å². The van der Waals surface area contributed by atoms with Crippen LogP contribution in [0.5, 0.6) is 0 Å². The maximum absolute atomic E-state index is 9.13. The standard InChI is InChI=1S/C31H30N4S/c1-20-11-26(12-21(2)22(20)3)35(25-9-7-6-8-10-25)27(19-34)14-24-15-30-29(31(24,4)5)16-28(36-30)13-23(17-32)18-33/h6-14,16,19H,15,34H2,1-5H3/b24-14+,27-19+. The number of aryl methyl sites for hydroxylation is 2. The predicted molar refractivity (Wildman–Crippen MR) is 150 cm³/mol. The topological polar surface area (TPSA) is 76.8 Å². The molecule has 2 aromatic carbocycles. The van der Waals surface area contributed by atoms with Crippen LogP contribution in [-0.2, 0) is 11.8 Å². The molecule has 180 valence electrons. The molecule has 0 saturated heterocycles. The molecule has 1 aliphatic rings. The summed E-state index contributed by atoms with van der Waals surface area (Å²) in [6, 6.07) is 20.8. The molecule has 0 unspecified atom stereocenters. The van der Waals surface area contributed by atoms with E-state index in [1.807, 2.05) is 30.3 Å². The molecular weight excluding hydrogens is 460 g/mol. The van der Waals surface area contributed by atoms with Crippen molar-refractivity contribution in [3.05, 3.63) is 110 Å². The average molecular weight is 491 g/mol. The third-order valence-corrected chi connectivity index (χ3v) is 8.20. The van der Waals surface area contributed by atoms with Crippen LogP contribution < -0.4 is 10.6 Å². The number of thiophene rings is 1. The van der Waals surface area contributed by atoms with Gasteiger partial charge in [0.15, 0.2) is 0 Å². The molecule has 2 N–H and O–H groups in total. The van der Waals surface area contributed by atoms with Crippen molar-refractivity contribution in [3.63, 3.8) is 0 Å². The smallest absolute Gasteiger partial charge is 0.131 e.